The van der Waals surface area contributed by atoms with E-state index in [2.05, 4.69) is 47.3 Å². The van der Waals surface area contributed by atoms with Crippen molar-refractivity contribution in [3.05, 3.63) is 27.7 Å². The van der Waals surface area contributed by atoms with Crippen LogP contribution in [-0.4, -0.2) is 12.6 Å². The Bertz CT molecular complexity index is 434. The van der Waals surface area contributed by atoms with E-state index in [1.54, 1.807) is 0 Å². The van der Waals surface area contributed by atoms with Crippen molar-refractivity contribution in [3.63, 3.8) is 0 Å². The molecule has 1 aliphatic heterocycles. The van der Waals surface area contributed by atoms with Crippen molar-refractivity contribution in [2.45, 2.75) is 45.6 Å². The summed E-state index contributed by atoms with van der Waals surface area (Å²) in [5.41, 5.74) is 5.51. The Morgan fingerprint density at radius 1 is 1.37 bits per heavy atom. The van der Waals surface area contributed by atoms with Crippen LogP contribution in [0.1, 0.15) is 37.8 Å². The van der Waals surface area contributed by atoms with E-state index in [1.807, 2.05) is 0 Å². The zero-order chi connectivity index (χ0) is 13.8. The molecule has 0 saturated heterocycles. The highest BCUT2D eigenvalue weighted by Crippen LogP contribution is 2.34. The quantitative estimate of drug-likeness (QED) is 0.623. The van der Waals surface area contributed by atoms with Crippen molar-refractivity contribution in [2.75, 3.05) is 6.61 Å². The first kappa shape index (κ1) is 14.8. The van der Waals surface area contributed by atoms with Crippen molar-refractivity contribution in [3.8, 4) is 5.75 Å². The standard InChI is InChI=1S/C15H23BrN2O/c1-10(2)3-4-14(18-17)9-12-8-13(16)7-11-5-6-19-15(11)12/h7-8,10,14,18H,3-6,9,17H2,1-2H3. The summed E-state index contributed by atoms with van der Waals surface area (Å²) < 4.78 is 6.90. The number of hydrogen-bond acceptors (Lipinski definition) is 3. The topological polar surface area (TPSA) is 47.3 Å². The van der Waals surface area contributed by atoms with Gasteiger partial charge in [0, 0.05) is 16.9 Å². The molecule has 19 heavy (non-hydrogen) atoms. The summed E-state index contributed by atoms with van der Waals surface area (Å²) in [6.07, 6.45) is 4.21. The number of halogens is 1. The lowest BCUT2D eigenvalue weighted by molar-refractivity contribution is 0.349. The summed E-state index contributed by atoms with van der Waals surface area (Å²) >= 11 is 3.58. The number of nitrogens with two attached hydrogens (primary N) is 1. The molecular weight excluding hydrogens is 304 g/mol. The van der Waals surface area contributed by atoms with E-state index >= 15 is 0 Å². The normalized spacial score (nSPS) is 15.4. The maximum Gasteiger partial charge on any atom is 0.125 e. The average Bonchev–Trinajstić information content (AvgIpc) is 2.81. The predicted molar refractivity (Wildman–Crippen MR) is 82.2 cm³/mol. The fourth-order valence-electron chi connectivity index (χ4n) is 2.54. The van der Waals surface area contributed by atoms with Crippen LogP contribution >= 0.6 is 15.9 Å². The highest BCUT2D eigenvalue weighted by atomic mass is 79.9. The first-order chi connectivity index (χ1) is 9.10. The number of nitrogens with one attached hydrogen (secondary N) is 1. The summed E-state index contributed by atoms with van der Waals surface area (Å²) in [6, 6.07) is 4.62. The highest BCUT2D eigenvalue weighted by molar-refractivity contribution is 9.10. The Morgan fingerprint density at radius 3 is 2.84 bits per heavy atom. The van der Waals surface area contributed by atoms with Gasteiger partial charge in [0.05, 0.1) is 6.61 Å². The maximum atomic E-state index is 5.77. The molecule has 2 rings (SSSR count). The monoisotopic (exact) mass is 326 g/mol. The summed E-state index contributed by atoms with van der Waals surface area (Å²) in [7, 11) is 0. The molecule has 1 atom stereocenters. The zero-order valence-corrected chi connectivity index (χ0v) is 13.3. The van der Waals surface area contributed by atoms with Gasteiger partial charge in [-0.3, -0.25) is 11.3 Å². The van der Waals surface area contributed by atoms with Gasteiger partial charge in [-0.2, -0.15) is 0 Å². The van der Waals surface area contributed by atoms with Gasteiger partial charge < -0.3 is 4.74 Å². The van der Waals surface area contributed by atoms with E-state index in [-0.39, 0.29) is 0 Å². The third-order valence-electron chi connectivity index (χ3n) is 3.62. The first-order valence-electron chi connectivity index (χ1n) is 7.00. The third kappa shape index (κ3) is 3.94. The molecule has 1 aromatic carbocycles. The molecule has 0 amide bonds. The molecule has 0 aromatic heterocycles. The van der Waals surface area contributed by atoms with Crippen molar-refractivity contribution in [1.82, 2.24) is 5.43 Å². The lowest BCUT2D eigenvalue weighted by Gasteiger charge is -2.18. The molecule has 1 aliphatic rings. The van der Waals surface area contributed by atoms with E-state index in [0.29, 0.717) is 12.0 Å². The van der Waals surface area contributed by atoms with Gasteiger partial charge in [0.15, 0.2) is 0 Å². The highest BCUT2D eigenvalue weighted by Gasteiger charge is 2.19. The average molecular weight is 327 g/mol. The van der Waals surface area contributed by atoms with Crippen LogP contribution in [0.3, 0.4) is 0 Å². The van der Waals surface area contributed by atoms with Crippen molar-refractivity contribution < 1.29 is 4.74 Å². The lowest BCUT2D eigenvalue weighted by Crippen LogP contribution is -2.37. The molecular formula is C15H23BrN2O. The number of rotatable bonds is 6. The molecule has 1 unspecified atom stereocenters. The van der Waals surface area contributed by atoms with Gasteiger partial charge in [-0.25, -0.2) is 0 Å². The van der Waals surface area contributed by atoms with Crippen LogP contribution in [-0.2, 0) is 12.8 Å². The third-order valence-corrected chi connectivity index (χ3v) is 4.08. The van der Waals surface area contributed by atoms with E-state index in [0.717, 1.165) is 36.1 Å². The zero-order valence-electron chi connectivity index (χ0n) is 11.7. The molecule has 0 spiro atoms. The molecule has 0 saturated carbocycles. The van der Waals surface area contributed by atoms with Crippen LogP contribution in [0.5, 0.6) is 5.75 Å². The van der Waals surface area contributed by atoms with Crippen LogP contribution in [0.25, 0.3) is 0 Å². The molecule has 0 bridgehead atoms. The molecule has 1 aromatic rings. The van der Waals surface area contributed by atoms with Gasteiger partial charge in [-0.1, -0.05) is 29.8 Å². The maximum absolute atomic E-state index is 5.77. The summed E-state index contributed by atoms with van der Waals surface area (Å²) in [5, 5.41) is 0. The van der Waals surface area contributed by atoms with Gasteiger partial charge >= 0.3 is 0 Å². The van der Waals surface area contributed by atoms with Gasteiger partial charge in [0.25, 0.3) is 0 Å². The van der Waals surface area contributed by atoms with E-state index in [1.165, 1.54) is 17.5 Å². The van der Waals surface area contributed by atoms with Crippen molar-refractivity contribution in [1.29, 1.82) is 0 Å². The van der Waals surface area contributed by atoms with Gasteiger partial charge in [-0.15, -0.1) is 0 Å². The van der Waals surface area contributed by atoms with Crippen LogP contribution in [0.15, 0.2) is 16.6 Å². The van der Waals surface area contributed by atoms with E-state index < -0.39 is 0 Å². The summed E-state index contributed by atoms with van der Waals surface area (Å²) in [4.78, 5) is 0. The van der Waals surface area contributed by atoms with Gasteiger partial charge in [-0.05, 0) is 48.4 Å². The Labute approximate surface area is 124 Å². The minimum Gasteiger partial charge on any atom is -0.493 e. The van der Waals surface area contributed by atoms with Gasteiger partial charge in [0.1, 0.15) is 5.75 Å². The van der Waals surface area contributed by atoms with E-state index in [9.17, 15) is 0 Å². The molecule has 0 aliphatic carbocycles. The molecule has 1 heterocycles. The smallest absolute Gasteiger partial charge is 0.125 e. The molecule has 3 nitrogen and oxygen atoms in total. The second-order valence-corrected chi connectivity index (χ2v) is 6.61. The molecule has 0 fully saturated rings. The van der Waals surface area contributed by atoms with Crippen molar-refractivity contribution in [2.24, 2.45) is 11.8 Å². The number of ether oxygens (including phenoxy) is 1. The van der Waals surface area contributed by atoms with E-state index in [4.69, 9.17) is 10.6 Å². The van der Waals surface area contributed by atoms with Crippen molar-refractivity contribution >= 4 is 15.9 Å². The number of benzene rings is 1. The molecule has 4 heteroatoms. The van der Waals surface area contributed by atoms with Crippen LogP contribution in [0.4, 0.5) is 0 Å². The summed E-state index contributed by atoms with van der Waals surface area (Å²) in [5.74, 6) is 7.47. The Balaban J connectivity index is 2.09. The SMILES string of the molecule is CC(C)CCC(Cc1cc(Br)cc2c1OCC2)NN. The fourth-order valence-corrected chi connectivity index (χ4v) is 3.09. The minimum absolute atomic E-state index is 0.310. The molecule has 0 radical (unpaired) electrons. The predicted octanol–water partition coefficient (Wildman–Crippen LogP) is 3.19. The number of hydrazine groups is 1. The lowest BCUT2D eigenvalue weighted by atomic mass is 9.96. The summed E-state index contributed by atoms with van der Waals surface area (Å²) in [6.45, 7) is 5.28. The minimum atomic E-state index is 0.310. The second-order valence-electron chi connectivity index (χ2n) is 5.69. The van der Waals surface area contributed by atoms with Crippen LogP contribution < -0.4 is 16.0 Å². The second kappa shape index (κ2) is 6.73. The molecule has 3 N–H and O–H groups in total. The van der Waals surface area contributed by atoms with Crippen LogP contribution in [0, 0.1) is 5.92 Å². The fraction of sp³-hybridized carbons (Fsp3) is 0.600. The number of hydrogen-bond donors (Lipinski definition) is 2. The van der Waals surface area contributed by atoms with Gasteiger partial charge in [0.2, 0.25) is 0 Å². The molecule has 106 valence electrons. The largest absolute Gasteiger partial charge is 0.493 e. The first-order valence-corrected chi connectivity index (χ1v) is 7.79. The Kier molecular flexibility index (Phi) is 5.25. The Morgan fingerprint density at radius 2 is 2.16 bits per heavy atom. The Hall–Kier alpha value is -0.580. The van der Waals surface area contributed by atoms with Crippen LogP contribution in [0.2, 0.25) is 0 Å². The number of fused-ring (bicyclic) bond motifs is 1.